The Labute approximate surface area is 146 Å². The molecule has 1 unspecified atom stereocenters. The lowest BCUT2D eigenvalue weighted by Crippen LogP contribution is -2.49. The number of aliphatic hydroxyl groups is 2. The van der Waals surface area contributed by atoms with Crippen LogP contribution >= 0.6 is 0 Å². The molecule has 6 nitrogen and oxygen atoms in total. The lowest BCUT2D eigenvalue weighted by Gasteiger charge is -2.18. The highest BCUT2D eigenvalue weighted by molar-refractivity contribution is 5.98. The molecule has 0 aliphatic rings. The van der Waals surface area contributed by atoms with Gasteiger partial charge in [-0.25, -0.2) is 0 Å². The van der Waals surface area contributed by atoms with Crippen molar-refractivity contribution in [1.82, 2.24) is 5.32 Å². The first-order chi connectivity index (χ1) is 11.9. The molecule has 0 radical (unpaired) electrons. The van der Waals surface area contributed by atoms with E-state index >= 15 is 0 Å². The van der Waals surface area contributed by atoms with Gasteiger partial charge in [-0.15, -0.1) is 0 Å². The molecule has 0 saturated carbocycles. The Kier molecular flexibility index (Phi) is 6.27. The van der Waals surface area contributed by atoms with E-state index in [4.69, 9.17) is 0 Å². The van der Waals surface area contributed by atoms with Crippen LogP contribution in [0.2, 0.25) is 0 Å². The van der Waals surface area contributed by atoms with Crippen molar-refractivity contribution in [1.29, 1.82) is 0 Å². The number of aliphatic hydroxyl groups excluding tert-OH is 2. The summed E-state index contributed by atoms with van der Waals surface area (Å²) < 4.78 is 0. The third kappa shape index (κ3) is 5.14. The van der Waals surface area contributed by atoms with E-state index in [-0.39, 0.29) is 6.04 Å². The first-order valence-corrected chi connectivity index (χ1v) is 8.01. The predicted octanol–water partition coefficient (Wildman–Crippen LogP) is 1.54. The molecule has 2 aromatic carbocycles. The first kappa shape index (κ1) is 18.6. The summed E-state index contributed by atoms with van der Waals surface area (Å²) in [6.07, 6.45) is -3.68. The van der Waals surface area contributed by atoms with E-state index in [9.17, 15) is 19.8 Å². The van der Waals surface area contributed by atoms with E-state index in [0.717, 1.165) is 11.1 Å². The van der Waals surface area contributed by atoms with E-state index in [1.165, 1.54) is 0 Å². The number of carbonyl (C=O) groups is 2. The van der Waals surface area contributed by atoms with Gasteiger partial charge in [0.2, 0.25) is 0 Å². The van der Waals surface area contributed by atoms with Crippen molar-refractivity contribution in [2.45, 2.75) is 32.1 Å². The smallest absolute Gasteiger partial charge is 0.256 e. The average molecular weight is 342 g/mol. The lowest BCUT2D eigenvalue weighted by molar-refractivity contribution is -0.143. The van der Waals surface area contributed by atoms with Crippen LogP contribution in [0, 0.1) is 0 Å². The number of nitrogens with one attached hydrogen (secondary N) is 2. The van der Waals surface area contributed by atoms with Crippen molar-refractivity contribution in [2.75, 3.05) is 5.32 Å². The second-order valence-corrected chi connectivity index (χ2v) is 5.99. The molecule has 2 aromatic rings. The van der Waals surface area contributed by atoms with Gasteiger partial charge < -0.3 is 20.8 Å². The van der Waals surface area contributed by atoms with Crippen molar-refractivity contribution < 1.29 is 19.8 Å². The first-order valence-electron chi connectivity index (χ1n) is 8.01. The summed E-state index contributed by atoms with van der Waals surface area (Å²) in [5, 5.41) is 24.5. The normalized spacial score (nSPS) is 13.2. The largest absolute Gasteiger partial charge is 0.380 e. The zero-order chi connectivity index (χ0) is 18.4. The number of hydrogen-bond donors (Lipinski definition) is 4. The number of carbonyl (C=O) groups excluding carboxylic acids is 2. The number of rotatable bonds is 6. The average Bonchev–Trinajstić information content (AvgIpc) is 2.61. The van der Waals surface area contributed by atoms with E-state index in [2.05, 4.69) is 10.6 Å². The number of amides is 2. The lowest BCUT2D eigenvalue weighted by atomic mass is 10.1. The maximum Gasteiger partial charge on any atom is 0.256 e. The molecule has 2 amide bonds. The monoisotopic (exact) mass is 342 g/mol. The van der Waals surface area contributed by atoms with Crippen LogP contribution < -0.4 is 10.6 Å². The van der Waals surface area contributed by atoms with E-state index < -0.39 is 24.0 Å². The summed E-state index contributed by atoms with van der Waals surface area (Å²) in [7, 11) is 0. The van der Waals surface area contributed by atoms with Gasteiger partial charge in [0, 0.05) is 11.7 Å². The van der Waals surface area contributed by atoms with Crippen molar-refractivity contribution in [3.63, 3.8) is 0 Å². The van der Waals surface area contributed by atoms with Crippen LogP contribution in [-0.4, -0.2) is 40.3 Å². The number of benzene rings is 2. The van der Waals surface area contributed by atoms with E-state index in [1.807, 2.05) is 42.5 Å². The minimum atomic E-state index is -1.85. The molecule has 2 atom stereocenters. The van der Waals surface area contributed by atoms with E-state index in [1.54, 1.807) is 26.0 Å². The molecule has 0 saturated heterocycles. The Balaban J connectivity index is 1.99. The van der Waals surface area contributed by atoms with Crippen LogP contribution in [0.4, 0.5) is 5.69 Å². The van der Waals surface area contributed by atoms with Gasteiger partial charge in [0.05, 0.1) is 0 Å². The van der Waals surface area contributed by atoms with E-state index in [0.29, 0.717) is 5.69 Å². The topological polar surface area (TPSA) is 98.7 Å². The zero-order valence-corrected chi connectivity index (χ0v) is 14.1. The second kappa shape index (κ2) is 8.41. The van der Waals surface area contributed by atoms with Crippen molar-refractivity contribution in [2.24, 2.45) is 0 Å². The van der Waals surface area contributed by atoms with Crippen molar-refractivity contribution in [3.8, 4) is 11.1 Å². The third-order valence-corrected chi connectivity index (χ3v) is 3.53. The third-order valence-electron chi connectivity index (χ3n) is 3.53. The Morgan fingerprint density at radius 3 is 1.88 bits per heavy atom. The molecule has 25 heavy (non-hydrogen) atoms. The van der Waals surface area contributed by atoms with Crippen molar-refractivity contribution >= 4 is 17.5 Å². The quantitative estimate of drug-likeness (QED) is 0.640. The maximum absolute atomic E-state index is 12.0. The number of hydrogen-bond acceptors (Lipinski definition) is 4. The maximum atomic E-state index is 12.0. The standard InChI is InChI=1S/C19H22N2O4/c1-12(2)20-18(24)16(22)17(23)19(25)21-15-10-8-14(9-11-15)13-6-4-3-5-7-13/h3-12,16-17,22-23H,1-2H3,(H,20,24)(H,21,25)/t16-,17?/m1/s1. The van der Waals surface area contributed by atoms with Gasteiger partial charge in [-0.1, -0.05) is 42.5 Å². The van der Waals surface area contributed by atoms with Crippen LogP contribution in [-0.2, 0) is 9.59 Å². The van der Waals surface area contributed by atoms with Gasteiger partial charge in [0.15, 0.2) is 12.2 Å². The fraction of sp³-hybridized carbons (Fsp3) is 0.263. The molecule has 2 rings (SSSR count). The van der Waals surface area contributed by atoms with Gasteiger partial charge in [0.1, 0.15) is 0 Å². The molecule has 0 heterocycles. The number of anilines is 1. The Hall–Kier alpha value is -2.70. The van der Waals surface area contributed by atoms with Crippen LogP contribution in [0.3, 0.4) is 0 Å². The van der Waals surface area contributed by atoms with Gasteiger partial charge in [-0.3, -0.25) is 9.59 Å². The fourth-order valence-electron chi connectivity index (χ4n) is 2.25. The highest BCUT2D eigenvalue weighted by Gasteiger charge is 2.30. The summed E-state index contributed by atoms with van der Waals surface area (Å²) in [6, 6.07) is 16.6. The van der Waals surface area contributed by atoms with Crippen LogP contribution in [0.15, 0.2) is 54.6 Å². The highest BCUT2D eigenvalue weighted by Crippen LogP contribution is 2.21. The van der Waals surface area contributed by atoms with Gasteiger partial charge >= 0.3 is 0 Å². The molecular formula is C19H22N2O4. The van der Waals surface area contributed by atoms with Crippen LogP contribution in [0.1, 0.15) is 13.8 Å². The second-order valence-electron chi connectivity index (χ2n) is 5.99. The molecule has 6 heteroatoms. The Bertz CT molecular complexity index is 714. The van der Waals surface area contributed by atoms with Crippen LogP contribution in [0.5, 0.6) is 0 Å². The van der Waals surface area contributed by atoms with Crippen LogP contribution in [0.25, 0.3) is 11.1 Å². The zero-order valence-electron chi connectivity index (χ0n) is 14.1. The molecule has 0 bridgehead atoms. The predicted molar refractivity (Wildman–Crippen MR) is 95.8 cm³/mol. The Morgan fingerprint density at radius 2 is 1.32 bits per heavy atom. The SMILES string of the molecule is CC(C)NC(=O)[C@H](O)C(O)C(=O)Nc1ccc(-c2ccccc2)cc1. The fourth-order valence-corrected chi connectivity index (χ4v) is 2.25. The molecule has 0 fully saturated rings. The van der Waals surface area contributed by atoms with Gasteiger partial charge in [0.25, 0.3) is 11.8 Å². The summed E-state index contributed by atoms with van der Waals surface area (Å²) >= 11 is 0. The molecule has 0 aliphatic heterocycles. The minimum absolute atomic E-state index is 0.206. The summed E-state index contributed by atoms with van der Waals surface area (Å²) in [5.41, 5.74) is 2.48. The molecule has 132 valence electrons. The van der Waals surface area contributed by atoms with Crippen molar-refractivity contribution in [3.05, 3.63) is 54.6 Å². The Morgan fingerprint density at radius 1 is 0.800 bits per heavy atom. The molecule has 0 aliphatic carbocycles. The van der Waals surface area contributed by atoms with Gasteiger partial charge in [-0.2, -0.15) is 0 Å². The molecule has 0 aromatic heterocycles. The summed E-state index contributed by atoms with van der Waals surface area (Å²) in [4.78, 5) is 23.7. The molecular weight excluding hydrogens is 320 g/mol. The highest BCUT2D eigenvalue weighted by atomic mass is 16.3. The molecule has 4 N–H and O–H groups in total. The minimum Gasteiger partial charge on any atom is -0.380 e. The summed E-state index contributed by atoms with van der Waals surface area (Å²) in [5.74, 6) is -1.64. The molecule has 0 spiro atoms. The summed E-state index contributed by atoms with van der Waals surface area (Å²) in [6.45, 7) is 3.43. The van der Waals surface area contributed by atoms with Gasteiger partial charge in [-0.05, 0) is 37.1 Å².